The average molecular weight is 284 g/mol. The van der Waals surface area contributed by atoms with Gasteiger partial charge in [-0.05, 0) is 11.6 Å². The summed E-state index contributed by atoms with van der Waals surface area (Å²) in [6, 6.07) is 8.00. The highest BCUT2D eigenvalue weighted by Gasteiger charge is 2.22. The second kappa shape index (κ2) is 5.34. The largest absolute Gasteiger partial charge is 0.488 e. The van der Waals surface area contributed by atoms with Crippen molar-refractivity contribution < 1.29 is 9.53 Å². The van der Waals surface area contributed by atoms with Crippen molar-refractivity contribution >= 4 is 21.8 Å². The van der Waals surface area contributed by atoms with Crippen LogP contribution in [0.3, 0.4) is 0 Å². The van der Waals surface area contributed by atoms with E-state index in [0.29, 0.717) is 18.3 Å². The van der Waals surface area contributed by atoms with Crippen LogP contribution in [0.5, 0.6) is 5.75 Å². The number of rotatable bonds is 4. The highest BCUT2D eigenvalue weighted by atomic mass is 79.9. The summed E-state index contributed by atoms with van der Waals surface area (Å²) in [5.41, 5.74) is 1.22. The van der Waals surface area contributed by atoms with Crippen molar-refractivity contribution in [1.29, 1.82) is 0 Å². The highest BCUT2D eigenvalue weighted by Crippen LogP contribution is 2.27. The SMILES string of the molecule is O=C(CCBr)NCC1Cc2ccccc2O1. The fourth-order valence-corrected chi connectivity index (χ4v) is 2.13. The minimum atomic E-state index is 0.0661. The molecule has 0 aliphatic carbocycles. The molecule has 1 aromatic carbocycles. The van der Waals surface area contributed by atoms with E-state index in [1.54, 1.807) is 0 Å². The van der Waals surface area contributed by atoms with Gasteiger partial charge in [0, 0.05) is 18.2 Å². The van der Waals surface area contributed by atoms with Gasteiger partial charge in [-0.1, -0.05) is 34.1 Å². The molecular formula is C12H14BrNO2. The maximum absolute atomic E-state index is 11.3. The van der Waals surface area contributed by atoms with Crippen molar-refractivity contribution in [2.45, 2.75) is 18.9 Å². The number of hydrogen-bond acceptors (Lipinski definition) is 2. The van der Waals surface area contributed by atoms with Crippen LogP contribution in [-0.4, -0.2) is 23.9 Å². The monoisotopic (exact) mass is 283 g/mol. The van der Waals surface area contributed by atoms with E-state index in [4.69, 9.17) is 4.74 Å². The summed E-state index contributed by atoms with van der Waals surface area (Å²) in [7, 11) is 0. The Morgan fingerprint density at radius 2 is 2.31 bits per heavy atom. The number of carbonyl (C=O) groups is 1. The Labute approximate surface area is 103 Å². The van der Waals surface area contributed by atoms with Gasteiger partial charge in [0.25, 0.3) is 0 Å². The number of carbonyl (C=O) groups excluding carboxylic acids is 1. The molecule has 1 atom stereocenters. The topological polar surface area (TPSA) is 38.3 Å². The number of hydrogen-bond donors (Lipinski definition) is 1. The molecule has 0 saturated carbocycles. The summed E-state index contributed by atoms with van der Waals surface area (Å²) in [5, 5.41) is 3.57. The van der Waals surface area contributed by atoms with Crippen LogP contribution in [0, 0.1) is 0 Å². The molecule has 2 rings (SSSR count). The van der Waals surface area contributed by atoms with E-state index in [-0.39, 0.29) is 12.0 Å². The highest BCUT2D eigenvalue weighted by molar-refractivity contribution is 9.09. The summed E-state index contributed by atoms with van der Waals surface area (Å²) in [5.74, 6) is 1.01. The minimum Gasteiger partial charge on any atom is -0.488 e. The van der Waals surface area contributed by atoms with Gasteiger partial charge in [0.05, 0.1) is 6.54 Å². The average Bonchev–Trinajstić information content (AvgIpc) is 2.69. The van der Waals surface area contributed by atoms with Crippen molar-refractivity contribution in [2.75, 3.05) is 11.9 Å². The number of halogens is 1. The van der Waals surface area contributed by atoms with E-state index in [9.17, 15) is 4.79 Å². The van der Waals surface area contributed by atoms with E-state index in [2.05, 4.69) is 27.3 Å². The molecular weight excluding hydrogens is 270 g/mol. The van der Waals surface area contributed by atoms with E-state index in [1.165, 1.54) is 5.56 Å². The third kappa shape index (κ3) is 2.76. The zero-order valence-electron chi connectivity index (χ0n) is 8.91. The van der Waals surface area contributed by atoms with Crippen LogP contribution in [0.2, 0.25) is 0 Å². The lowest BCUT2D eigenvalue weighted by Gasteiger charge is -2.11. The van der Waals surface area contributed by atoms with Gasteiger partial charge in [-0.3, -0.25) is 4.79 Å². The predicted octanol–water partition coefficient (Wildman–Crippen LogP) is 1.89. The molecule has 0 bridgehead atoms. The first kappa shape index (κ1) is 11.5. The van der Waals surface area contributed by atoms with Gasteiger partial charge in [0.2, 0.25) is 5.91 Å². The molecule has 1 aliphatic rings. The predicted molar refractivity (Wildman–Crippen MR) is 66.0 cm³/mol. The lowest BCUT2D eigenvalue weighted by Crippen LogP contribution is -2.34. The fraction of sp³-hybridized carbons (Fsp3) is 0.417. The summed E-state index contributed by atoms with van der Waals surface area (Å²) >= 11 is 3.23. The third-order valence-electron chi connectivity index (χ3n) is 2.56. The standard InChI is InChI=1S/C12H14BrNO2/c13-6-5-12(15)14-8-10-7-9-3-1-2-4-11(9)16-10/h1-4,10H,5-8H2,(H,14,15). The molecule has 1 amide bonds. The molecule has 1 aliphatic heterocycles. The van der Waals surface area contributed by atoms with Crippen LogP contribution in [-0.2, 0) is 11.2 Å². The normalized spacial score (nSPS) is 17.7. The van der Waals surface area contributed by atoms with Gasteiger partial charge in [-0.2, -0.15) is 0 Å². The number of nitrogens with one attached hydrogen (secondary N) is 1. The van der Waals surface area contributed by atoms with Gasteiger partial charge >= 0.3 is 0 Å². The Bertz CT molecular complexity index is 356. The lowest BCUT2D eigenvalue weighted by molar-refractivity contribution is -0.120. The molecule has 0 aromatic heterocycles. The van der Waals surface area contributed by atoms with E-state index >= 15 is 0 Å². The number of fused-ring (bicyclic) bond motifs is 1. The zero-order chi connectivity index (χ0) is 11.4. The minimum absolute atomic E-state index is 0.0661. The Balaban J connectivity index is 1.81. The third-order valence-corrected chi connectivity index (χ3v) is 2.96. The summed E-state index contributed by atoms with van der Waals surface area (Å²) in [6.07, 6.45) is 1.47. The van der Waals surface area contributed by atoms with Crippen LogP contribution in [0.4, 0.5) is 0 Å². The van der Waals surface area contributed by atoms with Gasteiger partial charge < -0.3 is 10.1 Å². The second-order valence-corrected chi connectivity index (χ2v) is 4.59. The van der Waals surface area contributed by atoms with Crippen LogP contribution >= 0.6 is 15.9 Å². The van der Waals surface area contributed by atoms with E-state index in [1.807, 2.05) is 18.2 Å². The Morgan fingerprint density at radius 1 is 1.50 bits per heavy atom. The Hall–Kier alpha value is -1.03. The lowest BCUT2D eigenvalue weighted by atomic mass is 10.1. The van der Waals surface area contributed by atoms with Crippen molar-refractivity contribution in [3.05, 3.63) is 29.8 Å². The Morgan fingerprint density at radius 3 is 3.06 bits per heavy atom. The molecule has 1 aromatic rings. The summed E-state index contributed by atoms with van der Waals surface area (Å²) < 4.78 is 5.71. The molecule has 1 unspecified atom stereocenters. The van der Waals surface area contributed by atoms with E-state index in [0.717, 1.165) is 12.2 Å². The van der Waals surface area contributed by atoms with Crippen molar-refractivity contribution in [3.63, 3.8) is 0 Å². The molecule has 3 nitrogen and oxygen atoms in total. The van der Waals surface area contributed by atoms with Gasteiger partial charge in [0.15, 0.2) is 0 Å². The smallest absolute Gasteiger partial charge is 0.220 e. The van der Waals surface area contributed by atoms with Crippen molar-refractivity contribution in [1.82, 2.24) is 5.32 Å². The van der Waals surface area contributed by atoms with Gasteiger partial charge in [0.1, 0.15) is 11.9 Å². The van der Waals surface area contributed by atoms with Crippen molar-refractivity contribution in [3.8, 4) is 5.75 Å². The second-order valence-electron chi connectivity index (χ2n) is 3.79. The number of benzene rings is 1. The summed E-state index contributed by atoms with van der Waals surface area (Å²) in [6.45, 7) is 0.584. The number of amides is 1. The number of ether oxygens (including phenoxy) is 1. The van der Waals surface area contributed by atoms with Crippen LogP contribution < -0.4 is 10.1 Å². The maximum atomic E-state index is 11.3. The molecule has 0 saturated heterocycles. The Kier molecular flexibility index (Phi) is 3.83. The van der Waals surface area contributed by atoms with Gasteiger partial charge in [-0.15, -0.1) is 0 Å². The first-order chi connectivity index (χ1) is 7.79. The zero-order valence-corrected chi connectivity index (χ0v) is 10.5. The van der Waals surface area contributed by atoms with Crippen LogP contribution in [0.15, 0.2) is 24.3 Å². The summed E-state index contributed by atoms with van der Waals surface area (Å²) in [4.78, 5) is 11.3. The number of para-hydroxylation sites is 1. The molecule has 0 radical (unpaired) electrons. The quantitative estimate of drug-likeness (QED) is 0.857. The van der Waals surface area contributed by atoms with Crippen LogP contribution in [0.25, 0.3) is 0 Å². The molecule has 1 heterocycles. The molecule has 16 heavy (non-hydrogen) atoms. The first-order valence-electron chi connectivity index (χ1n) is 5.37. The molecule has 1 N–H and O–H groups in total. The molecule has 86 valence electrons. The molecule has 0 spiro atoms. The first-order valence-corrected chi connectivity index (χ1v) is 6.49. The molecule has 4 heteroatoms. The molecule has 0 fully saturated rings. The van der Waals surface area contributed by atoms with Crippen LogP contribution in [0.1, 0.15) is 12.0 Å². The van der Waals surface area contributed by atoms with Crippen molar-refractivity contribution in [2.24, 2.45) is 0 Å². The van der Waals surface area contributed by atoms with Gasteiger partial charge in [-0.25, -0.2) is 0 Å². The number of alkyl halides is 1. The van der Waals surface area contributed by atoms with E-state index < -0.39 is 0 Å². The fourth-order valence-electron chi connectivity index (χ4n) is 1.77. The maximum Gasteiger partial charge on any atom is 0.220 e.